The summed E-state index contributed by atoms with van der Waals surface area (Å²) in [7, 11) is 0. The molecular weight excluding hydrogens is 657 g/mol. The van der Waals surface area contributed by atoms with E-state index in [4.69, 9.17) is 4.74 Å². The quantitative estimate of drug-likeness (QED) is 0.0996. The molecule has 1 aliphatic heterocycles. The van der Waals surface area contributed by atoms with Crippen molar-refractivity contribution < 1.29 is 37.1 Å². The van der Waals surface area contributed by atoms with Crippen molar-refractivity contribution in [2.45, 2.75) is 29.4 Å². The third-order valence-electron chi connectivity index (χ3n) is 8.21. The number of ketones is 1. The predicted molar refractivity (Wildman–Crippen MR) is 173 cm³/mol. The lowest BCUT2D eigenvalue weighted by Crippen LogP contribution is -2.31. The number of Topliss-reactive ketones (excluding diaryl/α,β-unsaturated/α-hetero) is 1. The number of esters is 1. The second-order valence-corrected chi connectivity index (χ2v) is 12.5. The number of fused-ring (bicyclic) bond motifs is 3. The minimum atomic E-state index is -4.48. The van der Waals surface area contributed by atoms with Gasteiger partial charge in [-0.15, -0.1) is 5.10 Å². The molecule has 1 saturated heterocycles. The van der Waals surface area contributed by atoms with Crippen LogP contribution in [-0.4, -0.2) is 50.6 Å². The second-order valence-electron chi connectivity index (χ2n) is 11.3. The highest BCUT2D eigenvalue weighted by atomic mass is 32.2. The molecule has 244 valence electrons. The van der Waals surface area contributed by atoms with Gasteiger partial charge in [0.15, 0.2) is 12.4 Å². The van der Waals surface area contributed by atoms with Crippen molar-refractivity contribution in [1.82, 2.24) is 15.2 Å². The van der Waals surface area contributed by atoms with Crippen LogP contribution in [0.4, 0.5) is 18.9 Å². The third-order valence-corrected chi connectivity index (χ3v) is 9.25. The number of nitrogens with zero attached hydrogens (tertiary/aromatic N) is 4. The SMILES string of the molecule is O=C(COC(=O)c1ccc(N2C(=O)CC(Sc3nncc(-c4ccc(C(F)(F)F)cc4)n3)C2=O)cc1)c1ccc2c(c1)Cc1ccccc1-2. The van der Waals surface area contributed by atoms with Gasteiger partial charge in [-0.05, 0) is 71.1 Å². The Kier molecular flexibility index (Phi) is 8.28. The molecule has 0 spiro atoms. The molecule has 1 atom stereocenters. The molecule has 0 bridgehead atoms. The average Bonchev–Trinajstić information content (AvgIpc) is 3.61. The van der Waals surface area contributed by atoms with Crippen LogP contribution >= 0.6 is 11.8 Å². The Morgan fingerprint density at radius 1 is 0.878 bits per heavy atom. The van der Waals surface area contributed by atoms with E-state index in [-0.39, 0.29) is 34.3 Å². The van der Waals surface area contributed by atoms with Crippen LogP contribution in [0.1, 0.15) is 43.8 Å². The Balaban J connectivity index is 0.961. The van der Waals surface area contributed by atoms with Gasteiger partial charge in [-0.2, -0.15) is 18.3 Å². The second kappa shape index (κ2) is 12.7. The highest BCUT2D eigenvalue weighted by molar-refractivity contribution is 8.00. The van der Waals surface area contributed by atoms with Crippen molar-refractivity contribution in [1.29, 1.82) is 0 Å². The van der Waals surface area contributed by atoms with Gasteiger partial charge in [0.2, 0.25) is 17.0 Å². The van der Waals surface area contributed by atoms with Gasteiger partial charge in [0.1, 0.15) is 5.25 Å². The van der Waals surface area contributed by atoms with Crippen molar-refractivity contribution in [2.24, 2.45) is 0 Å². The normalized spacial score (nSPS) is 15.2. The first-order valence-electron chi connectivity index (χ1n) is 15.0. The molecule has 1 aromatic heterocycles. The van der Waals surface area contributed by atoms with Crippen LogP contribution in [0.3, 0.4) is 0 Å². The van der Waals surface area contributed by atoms with Gasteiger partial charge >= 0.3 is 12.1 Å². The molecule has 7 rings (SSSR count). The fraction of sp³-hybridized carbons (Fsp3) is 0.139. The van der Waals surface area contributed by atoms with Crippen LogP contribution in [0, 0.1) is 0 Å². The Morgan fingerprint density at radius 3 is 2.35 bits per heavy atom. The van der Waals surface area contributed by atoms with Crippen molar-refractivity contribution >= 4 is 41.0 Å². The van der Waals surface area contributed by atoms with E-state index in [0.717, 1.165) is 51.9 Å². The smallest absolute Gasteiger partial charge is 0.416 e. The lowest BCUT2D eigenvalue weighted by Gasteiger charge is -2.15. The van der Waals surface area contributed by atoms with E-state index in [0.29, 0.717) is 11.1 Å². The molecule has 0 N–H and O–H groups in total. The maximum atomic E-state index is 13.2. The number of amides is 2. The first kappa shape index (κ1) is 31.9. The van der Waals surface area contributed by atoms with Crippen LogP contribution in [-0.2, 0) is 26.9 Å². The molecule has 1 aliphatic carbocycles. The monoisotopic (exact) mass is 680 g/mol. The Hall–Kier alpha value is -5.69. The average molecular weight is 681 g/mol. The highest BCUT2D eigenvalue weighted by Gasteiger charge is 2.41. The van der Waals surface area contributed by atoms with E-state index >= 15 is 0 Å². The molecule has 2 aliphatic rings. The van der Waals surface area contributed by atoms with Crippen LogP contribution in [0.2, 0.25) is 0 Å². The molecule has 4 aromatic carbocycles. The first-order valence-corrected chi connectivity index (χ1v) is 15.9. The number of carbonyl (C=O) groups is 4. The Bertz CT molecular complexity index is 2140. The van der Waals surface area contributed by atoms with Gasteiger partial charge in [0.05, 0.1) is 28.7 Å². The van der Waals surface area contributed by atoms with E-state index in [1.54, 1.807) is 6.07 Å². The van der Waals surface area contributed by atoms with Gasteiger partial charge in [-0.25, -0.2) is 14.7 Å². The number of hydrogen-bond donors (Lipinski definition) is 0. The first-order chi connectivity index (χ1) is 23.5. The number of benzene rings is 4. The summed E-state index contributed by atoms with van der Waals surface area (Å²) in [5.74, 6) is -2.09. The van der Waals surface area contributed by atoms with E-state index in [2.05, 4.69) is 21.2 Å². The predicted octanol–water partition coefficient (Wildman–Crippen LogP) is 6.59. The molecule has 0 radical (unpaired) electrons. The molecular formula is C36H23F3N4O5S. The Morgan fingerprint density at radius 2 is 1.59 bits per heavy atom. The topological polar surface area (TPSA) is 119 Å². The fourth-order valence-electron chi connectivity index (χ4n) is 5.76. The number of anilines is 1. The summed E-state index contributed by atoms with van der Waals surface area (Å²) in [6.45, 7) is -0.453. The maximum absolute atomic E-state index is 13.2. The third kappa shape index (κ3) is 6.44. The van der Waals surface area contributed by atoms with Gasteiger partial charge in [0.25, 0.3) is 0 Å². The number of hydrogen-bond acceptors (Lipinski definition) is 9. The molecule has 13 heteroatoms. The van der Waals surface area contributed by atoms with E-state index in [1.807, 2.05) is 30.3 Å². The number of aromatic nitrogens is 3. The van der Waals surface area contributed by atoms with Crippen molar-refractivity contribution in [3.8, 4) is 22.4 Å². The lowest BCUT2D eigenvalue weighted by atomic mass is 10.0. The summed E-state index contributed by atoms with van der Waals surface area (Å²) < 4.78 is 44.1. The molecule has 2 amide bonds. The van der Waals surface area contributed by atoms with Crippen molar-refractivity contribution in [3.05, 3.63) is 125 Å². The van der Waals surface area contributed by atoms with Gasteiger partial charge in [-0.1, -0.05) is 60.3 Å². The molecule has 9 nitrogen and oxygen atoms in total. The molecule has 49 heavy (non-hydrogen) atoms. The standard InChI is InChI=1S/C36H23F3N4O5S/c37-36(38,39)25-10-5-20(6-11-25)29-18-40-42-35(41-29)49-31-17-32(45)43(33(31)46)26-12-7-21(8-13-26)34(47)48-19-30(44)23-9-14-28-24(16-23)15-22-3-1-2-4-27(22)28/h1-14,16,18,31H,15,17,19H2. The number of halogens is 3. The molecule has 1 fully saturated rings. The van der Waals surface area contributed by atoms with E-state index < -0.39 is 41.4 Å². The molecule has 2 heterocycles. The zero-order valence-corrected chi connectivity index (χ0v) is 26.1. The summed E-state index contributed by atoms with van der Waals surface area (Å²) >= 11 is 0.914. The van der Waals surface area contributed by atoms with Crippen molar-refractivity contribution in [3.63, 3.8) is 0 Å². The molecule has 0 saturated carbocycles. The van der Waals surface area contributed by atoms with Gasteiger partial charge in [0, 0.05) is 17.5 Å². The zero-order valence-electron chi connectivity index (χ0n) is 25.3. The number of ether oxygens (including phenoxy) is 1. The summed E-state index contributed by atoms with van der Waals surface area (Å²) in [5, 5.41) is 6.97. The van der Waals surface area contributed by atoms with Crippen LogP contribution in [0.5, 0.6) is 0 Å². The molecule has 1 unspecified atom stereocenters. The minimum Gasteiger partial charge on any atom is -0.454 e. The summed E-state index contributed by atoms with van der Waals surface area (Å²) in [5.41, 5.74) is 5.10. The zero-order chi connectivity index (χ0) is 34.3. The van der Waals surface area contributed by atoms with Crippen molar-refractivity contribution in [2.75, 3.05) is 11.5 Å². The minimum absolute atomic E-state index is 0.0722. The number of carbonyl (C=O) groups excluding carboxylic acids is 4. The van der Waals surface area contributed by atoms with Gasteiger partial charge in [-0.3, -0.25) is 14.4 Å². The maximum Gasteiger partial charge on any atom is 0.416 e. The Labute approximate surface area is 281 Å². The lowest BCUT2D eigenvalue weighted by molar-refractivity contribution is -0.137. The van der Waals surface area contributed by atoms with Gasteiger partial charge < -0.3 is 4.74 Å². The highest BCUT2D eigenvalue weighted by Crippen LogP contribution is 2.37. The number of thioether (sulfide) groups is 1. The molecule has 5 aromatic rings. The number of imide groups is 1. The van der Waals surface area contributed by atoms with Crippen LogP contribution in [0.25, 0.3) is 22.4 Å². The number of alkyl halides is 3. The number of rotatable bonds is 8. The van der Waals surface area contributed by atoms with Crippen LogP contribution < -0.4 is 4.90 Å². The van der Waals surface area contributed by atoms with E-state index in [1.165, 1.54) is 48.2 Å². The summed E-state index contributed by atoms with van der Waals surface area (Å²) in [6.07, 6.45) is -2.62. The fourth-order valence-corrected chi connectivity index (χ4v) is 6.70. The van der Waals surface area contributed by atoms with E-state index in [9.17, 15) is 32.3 Å². The van der Waals surface area contributed by atoms with Crippen LogP contribution in [0.15, 0.2) is 102 Å². The summed E-state index contributed by atoms with van der Waals surface area (Å²) in [4.78, 5) is 57.0. The largest absolute Gasteiger partial charge is 0.454 e. The summed E-state index contributed by atoms with van der Waals surface area (Å²) in [6, 6.07) is 23.6.